The molecule has 0 saturated heterocycles. The lowest BCUT2D eigenvalue weighted by Gasteiger charge is -2.21. The molecule has 1 aliphatic rings. The van der Waals surface area contributed by atoms with E-state index >= 15 is 0 Å². The molecule has 1 aliphatic heterocycles. The number of hydrogen-bond acceptors (Lipinski definition) is 3. The predicted octanol–water partition coefficient (Wildman–Crippen LogP) is 2.73. The van der Waals surface area contributed by atoms with Gasteiger partial charge in [0, 0.05) is 24.5 Å². The van der Waals surface area contributed by atoms with Gasteiger partial charge in [-0.2, -0.15) is 0 Å². The smallest absolute Gasteiger partial charge is 0.251 e. The van der Waals surface area contributed by atoms with Crippen LogP contribution in [0.3, 0.4) is 0 Å². The van der Waals surface area contributed by atoms with E-state index in [1.54, 1.807) is 22.8 Å². The van der Waals surface area contributed by atoms with Gasteiger partial charge in [-0.1, -0.05) is 30.3 Å². The molecule has 2 aromatic carbocycles. The van der Waals surface area contributed by atoms with Crippen LogP contribution in [-0.4, -0.2) is 13.0 Å². The molecular weight excluding hydrogens is 348 g/mol. The topological polar surface area (TPSA) is 68.2 Å². The minimum atomic E-state index is -3.64. The Balaban J connectivity index is 1.79. The highest BCUT2D eigenvalue weighted by atomic mass is 32.2. The monoisotopic (exact) mass is 368 g/mol. The maximum absolute atomic E-state index is 12.8. The van der Waals surface area contributed by atoms with Crippen molar-refractivity contribution in [1.82, 2.24) is 9.29 Å². The van der Waals surface area contributed by atoms with E-state index in [2.05, 4.69) is 4.72 Å². The molecule has 0 atom stereocenters. The van der Waals surface area contributed by atoms with Gasteiger partial charge in [0.05, 0.1) is 10.4 Å². The fourth-order valence-corrected chi connectivity index (χ4v) is 4.68. The Kier molecular flexibility index (Phi) is 4.17. The quantitative estimate of drug-likeness (QED) is 0.770. The van der Waals surface area contributed by atoms with Crippen LogP contribution in [0.1, 0.15) is 23.1 Å². The third kappa shape index (κ3) is 2.95. The van der Waals surface area contributed by atoms with E-state index in [1.165, 1.54) is 0 Å². The zero-order valence-corrected chi connectivity index (χ0v) is 15.3. The van der Waals surface area contributed by atoms with E-state index in [-0.39, 0.29) is 17.0 Å². The minimum absolute atomic E-state index is 0.0197. The number of rotatable bonds is 4. The molecular formula is C20H20N2O3S. The van der Waals surface area contributed by atoms with E-state index in [0.717, 1.165) is 40.4 Å². The van der Waals surface area contributed by atoms with Crippen molar-refractivity contribution in [1.29, 1.82) is 0 Å². The second kappa shape index (κ2) is 6.37. The molecule has 0 saturated carbocycles. The third-order valence-electron chi connectivity index (χ3n) is 4.91. The molecule has 5 nitrogen and oxygen atoms in total. The third-order valence-corrected chi connectivity index (χ3v) is 6.29. The van der Waals surface area contributed by atoms with Gasteiger partial charge in [0.1, 0.15) is 0 Å². The van der Waals surface area contributed by atoms with Gasteiger partial charge in [-0.15, -0.1) is 0 Å². The molecule has 1 aromatic heterocycles. The number of nitrogens with zero attached hydrogens (tertiary/aromatic N) is 1. The Labute approximate surface area is 152 Å². The summed E-state index contributed by atoms with van der Waals surface area (Å²) in [6.07, 6.45) is 1.62. The van der Waals surface area contributed by atoms with Crippen molar-refractivity contribution in [3.63, 3.8) is 0 Å². The summed E-state index contributed by atoms with van der Waals surface area (Å²) in [7, 11) is -3.64. The molecule has 4 rings (SSSR count). The fraction of sp³-hybridized carbons (Fsp3) is 0.250. The van der Waals surface area contributed by atoms with Crippen LogP contribution in [-0.2, 0) is 29.5 Å². The first-order chi connectivity index (χ1) is 12.5. The molecule has 0 aliphatic carbocycles. The number of sulfonamides is 1. The summed E-state index contributed by atoms with van der Waals surface area (Å²) >= 11 is 0. The highest BCUT2D eigenvalue weighted by molar-refractivity contribution is 7.89. The molecule has 1 N–H and O–H groups in total. The Morgan fingerprint density at radius 3 is 2.65 bits per heavy atom. The lowest BCUT2D eigenvalue weighted by Crippen LogP contribution is -2.26. The number of benzene rings is 2. The van der Waals surface area contributed by atoms with E-state index < -0.39 is 10.0 Å². The average molecular weight is 368 g/mol. The van der Waals surface area contributed by atoms with Crippen molar-refractivity contribution >= 4 is 20.9 Å². The van der Waals surface area contributed by atoms with Crippen LogP contribution in [0.15, 0.2) is 58.2 Å². The number of aromatic nitrogens is 1. The Bertz CT molecular complexity index is 1150. The number of aryl methyl sites for hydroxylation is 3. The van der Waals surface area contributed by atoms with Crippen molar-refractivity contribution in [3.05, 3.63) is 75.6 Å². The molecule has 3 aromatic rings. The first-order valence-electron chi connectivity index (χ1n) is 8.66. The second-order valence-electron chi connectivity index (χ2n) is 6.71. The van der Waals surface area contributed by atoms with Crippen LogP contribution in [0.2, 0.25) is 0 Å². The van der Waals surface area contributed by atoms with Crippen LogP contribution in [0.4, 0.5) is 0 Å². The maximum atomic E-state index is 12.8. The van der Waals surface area contributed by atoms with Crippen molar-refractivity contribution < 1.29 is 8.42 Å². The van der Waals surface area contributed by atoms with Gasteiger partial charge in [-0.05, 0) is 48.6 Å². The van der Waals surface area contributed by atoms with E-state index in [9.17, 15) is 13.2 Å². The lowest BCUT2D eigenvalue weighted by atomic mass is 9.99. The summed E-state index contributed by atoms with van der Waals surface area (Å²) in [6.45, 7) is 2.78. The molecule has 0 unspecified atom stereocenters. The molecule has 26 heavy (non-hydrogen) atoms. The van der Waals surface area contributed by atoms with Crippen LogP contribution in [0.5, 0.6) is 0 Å². The van der Waals surface area contributed by atoms with Crippen LogP contribution >= 0.6 is 0 Å². The Morgan fingerprint density at radius 1 is 1.12 bits per heavy atom. The summed E-state index contributed by atoms with van der Waals surface area (Å²) in [5.74, 6) is 0. The lowest BCUT2D eigenvalue weighted by molar-refractivity contribution is 0.580. The first kappa shape index (κ1) is 17.0. The molecule has 134 valence electrons. The molecule has 2 heterocycles. The Hall–Kier alpha value is -2.44. The van der Waals surface area contributed by atoms with E-state index in [1.807, 2.05) is 37.3 Å². The number of pyridine rings is 1. The fourth-order valence-electron chi connectivity index (χ4n) is 3.59. The SMILES string of the molecule is Cc1cc(=O)n2c3c(cc(S(=O)(=O)NCc4ccccc4)cc13)CCC2. The Morgan fingerprint density at radius 2 is 1.88 bits per heavy atom. The normalized spacial score (nSPS) is 13.9. The van der Waals surface area contributed by atoms with Gasteiger partial charge < -0.3 is 4.57 Å². The summed E-state index contributed by atoms with van der Waals surface area (Å²) in [4.78, 5) is 12.5. The van der Waals surface area contributed by atoms with Gasteiger partial charge in [0.15, 0.2) is 0 Å². The molecule has 0 fully saturated rings. The summed E-state index contributed by atoms with van der Waals surface area (Å²) in [6, 6.07) is 14.4. The van der Waals surface area contributed by atoms with Gasteiger partial charge in [0.2, 0.25) is 10.0 Å². The van der Waals surface area contributed by atoms with E-state index in [4.69, 9.17) is 0 Å². The van der Waals surface area contributed by atoms with Crippen molar-refractivity contribution in [2.75, 3.05) is 0 Å². The highest BCUT2D eigenvalue weighted by Gasteiger charge is 2.21. The van der Waals surface area contributed by atoms with Crippen molar-refractivity contribution in [2.45, 2.75) is 37.8 Å². The van der Waals surface area contributed by atoms with Crippen LogP contribution < -0.4 is 10.3 Å². The summed E-state index contributed by atoms with van der Waals surface area (Å²) < 4.78 is 30.1. The standard InChI is InChI=1S/C20H20N2O3S/c1-14-10-19(23)22-9-5-8-16-11-17(12-18(14)20(16)22)26(24,25)21-13-15-6-3-2-4-7-15/h2-4,6-7,10-12,21H,5,8-9,13H2,1H3. The molecule has 0 radical (unpaired) electrons. The highest BCUT2D eigenvalue weighted by Crippen LogP contribution is 2.29. The van der Waals surface area contributed by atoms with Gasteiger partial charge in [0.25, 0.3) is 5.56 Å². The van der Waals surface area contributed by atoms with Crippen LogP contribution in [0.25, 0.3) is 10.9 Å². The molecule has 0 spiro atoms. The average Bonchev–Trinajstić information content (AvgIpc) is 2.65. The zero-order valence-electron chi connectivity index (χ0n) is 14.5. The predicted molar refractivity (Wildman–Crippen MR) is 102 cm³/mol. The molecule has 0 amide bonds. The number of nitrogens with one attached hydrogen (secondary N) is 1. The van der Waals surface area contributed by atoms with Crippen molar-refractivity contribution in [3.8, 4) is 0 Å². The van der Waals surface area contributed by atoms with E-state index in [0.29, 0.717) is 6.54 Å². The van der Waals surface area contributed by atoms with Gasteiger partial charge in [-0.25, -0.2) is 13.1 Å². The van der Waals surface area contributed by atoms with Crippen molar-refractivity contribution in [2.24, 2.45) is 0 Å². The maximum Gasteiger partial charge on any atom is 0.251 e. The minimum Gasteiger partial charge on any atom is -0.308 e. The summed E-state index contributed by atoms with van der Waals surface area (Å²) in [5, 5.41) is 0.835. The zero-order chi connectivity index (χ0) is 18.3. The van der Waals surface area contributed by atoms with Gasteiger partial charge in [-0.3, -0.25) is 4.79 Å². The largest absolute Gasteiger partial charge is 0.308 e. The number of hydrogen-bond donors (Lipinski definition) is 1. The molecule has 0 bridgehead atoms. The van der Waals surface area contributed by atoms with Gasteiger partial charge >= 0.3 is 0 Å². The molecule has 6 heteroatoms. The second-order valence-corrected chi connectivity index (χ2v) is 8.48. The van der Waals surface area contributed by atoms with Crippen LogP contribution in [0, 0.1) is 6.92 Å². The first-order valence-corrected chi connectivity index (χ1v) is 10.1. The summed E-state index contributed by atoms with van der Waals surface area (Å²) in [5.41, 5.74) is 3.50.